The first-order valence-corrected chi connectivity index (χ1v) is 13.7. The van der Waals surface area contributed by atoms with Crippen molar-refractivity contribution in [2.24, 2.45) is 0 Å². The normalized spacial score (nSPS) is 19.3. The average molecular weight is 531 g/mol. The molecule has 1 unspecified atom stereocenters. The first-order chi connectivity index (χ1) is 18.5. The predicted octanol–water partition coefficient (Wildman–Crippen LogP) is 5.09. The molecule has 1 fully saturated rings. The molecule has 1 saturated heterocycles. The number of benzene rings is 2. The van der Waals surface area contributed by atoms with Gasteiger partial charge in [-0.25, -0.2) is 4.98 Å². The first kappa shape index (κ1) is 24.9. The molecule has 38 heavy (non-hydrogen) atoms. The Kier molecular flexibility index (Phi) is 6.80. The summed E-state index contributed by atoms with van der Waals surface area (Å²) in [7, 11) is 0. The van der Waals surface area contributed by atoms with Crippen LogP contribution in [-0.2, 0) is 22.5 Å². The highest BCUT2D eigenvalue weighted by Gasteiger charge is 2.33. The Morgan fingerprint density at radius 3 is 2.76 bits per heavy atom. The maximum absolute atomic E-state index is 13.4. The lowest BCUT2D eigenvalue weighted by Gasteiger charge is -2.36. The van der Waals surface area contributed by atoms with Crippen LogP contribution in [0.15, 0.2) is 54.7 Å². The molecule has 3 aliphatic rings. The molecule has 0 aliphatic carbocycles. The van der Waals surface area contributed by atoms with Crippen LogP contribution in [0.4, 0.5) is 5.82 Å². The van der Waals surface area contributed by atoms with Gasteiger partial charge in [-0.2, -0.15) is 0 Å². The third kappa shape index (κ3) is 4.76. The predicted molar refractivity (Wildman–Crippen MR) is 147 cm³/mol. The van der Waals surface area contributed by atoms with Gasteiger partial charge in [0.15, 0.2) is 0 Å². The fourth-order valence-corrected chi connectivity index (χ4v) is 6.03. The first-order valence-electron chi connectivity index (χ1n) is 13.3. The minimum Gasteiger partial charge on any atom is -0.381 e. The van der Waals surface area contributed by atoms with Crippen molar-refractivity contribution in [1.29, 1.82) is 0 Å². The van der Waals surface area contributed by atoms with E-state index in [1.165, 1.54) is 11.1 Å². The van der Waals surface area contributed by atoms with Crippen LogP contribution >= 0.6 is 11.6 Å². The van der Waals surface area contributed by atoms with E-state index in [-0.39, 0.29) is 24.4 Å². The summed E-state index contributed by atoms with van der Waals surface area (Å²) in [6, 6.07) is 16.4. The van der Waals surface area contributed by atoms with Crippen molar-refractivity contribution in [2.45, 2.75) is 44.8 Å². The number of anilines is 1. The van der Waals surface area contributed by atoms with Crippen LogP contribution in [0, 0.1) is 0 Å². The second-order valence-electron chi connectivity index (χ2n) is 10.3. The lowest BCUT2D eigenvalue weighted by Crippen LogP contribution is -2.44. The average Bonchev–Trinajstić information content (AvgIpc) is 3.24. The SMILES string of the molecule is CC1c2ccccc2CCN1C(=O)CN1Cc2ccc(-c3cc(NC4CCOCC4)ncc3Cl)cc2C1=O. The molecule has 6 rings (SSSR count). The molecule has 0 spiro atoms. The number of amides is 2. The van der Waals surface area contributed by atoms with Crippen molar-refractivity contribution in [3.8, 4) is 11.1 Å². The number of rotatable bonds is 5. The molecule has 0 bridgehead atoms. The standard InChI is InChI=1S/C30H31ClN4O3/c1-19-24-5-3-2-4-20(24)8-11-35(19)29(36)18-34-17-22-7-6-21(14-26(22)30(34)37)25-15-28(32-16-27(25)31)33-23-9-12-38-13-10-23/h2-7,14-16,19,23H,8-13,17-18H2,1H3,(H,32,33). The van der Waals surface area contributed by atoms with E-state index in [1.807, 2.05) is 41.3 Å². The zero-order valence-corrected chi connectivity index (χ0v) is 22.2. The summed E-state index contributed by atoms with van der Waals surface area (Å²) in [5.41, 5.74) is 5.71. The maximum Gasteiger partial charge on any atom is 0.254 e. The van der Waals surface area contributed by atoms with Crippen molar-refractivity contribution < 1.29 is 14.3 Å². The largest absolute Gasteiger partial charge is 0.381 e. The molecular weight excluding hydrogens is 500 g/mol. The molecule has 1 aromatic heterocycles. The Labute approximate surface area is 227 Å². The molecule has 2 aromatic carbocycles. The fraction of sp³-hybridized carbons (Fsp3) is 0.367. The summed E-state index contributed by atoms with van der Waals surface area (Å²) in [5.74, 6) is 0.618. The Balaban J connectivity index is 1.17. The van der Waals surface area contributed by atoms with Gasteiger partial charge >= 0.3 is 0 Å². The molecule has 0 radical (unpaired) electrons. The zero-order valence-electron chi connectivity index (χ0n) is 21.5. The molecule has 1 N–H and O–H groups in total. The van der Waals surface area contributed by atoms with E-state index in [4.69, 9.17) is 16.3 Å². The van der Waals surface area contributed by atoms with Crippen molar-refractivity contribution in [3.63, 3.8) is 0 Å². The van der Waals surface area contributed by atoms with Gasteiger partial charge in [-0.1, -0.05) is 48.0 Å². The summed E-state index contributed by atoms with van der Waals surface area (Å²) < 4.78 is 5.45. The second-order valence-corrected chi connectivity index (χ2v) is 10.7. The minimum atomic E-state index is -0.119. The van der Waals surface area contributed by atoms with Crippen molar-refractivity contribution in [2.75, 3.05) is 31.6 Å². The highest BCUT2D eigenvalue weighted by atomic mass is 35.5. The van der Waals surface area contributed by atoms with Crippen LogP contribution in [0.5, 0.6) is 0 Å². The topological polar surface area (TPSA) is 74.8 Å². The van der Waals surface area contributed by atoms with E-state index in [0.29, 0.717) is 29.7 Å². The number of pyridine rings is 1. The molecule has 7 nitrogen and oxygen atoms in total. The zero-order chi connectivity index (χ0) is 26.2. The monoisotopic (exact) mass is 530 g/mol. The number of fused-ring (bicyclic) bond motifs is 2. The Bertz CT molecular complexity index is 1390. The van der Waals surface area contributed by atoms with Gasteiger partial charge in [-0.15, -0.1) is 0 Å². The van der Waals surface area contributed by atoms with E-state index < -0.39 is 0 Å². The van der Waals surface area contributed by atoms with E-state index in [0.717, 1.165) is 55.0 Å². The number of halogens is 1. The van der Waals surface area contributed by atoms with Crippen molar-refractivity contribution >= 4 is 29.2 Å². The number of carbonyl (C=O) groups excluding carboxylic acids is 2. The van der Waals surface area contributed by atoms with Gasteiger partial charge in [0.2, 0.25) is 5.91 Å². The van der Waals surface area contributed by atoms with Crippen molar-refractivity contribution in [3.05, 3.63) is 82.0 Å². The Morgan fingerprint density at radius 2 is 1.92 bits per heavy atom. The van der Waals surface area contributed by atoms with Gasteiger partial charge in [-0.05, 0) is 60.6 Å². The molecule has 3 aliphatic heterocycles. The lowest BCUT2D eigenvalue weighted by atomic mass is 9.93. The minimum absolute atomic E-state index is 0.00286. The smallest absolute Gasteiger partial charge is 0.254 e. The van der Waals surface area contributed by atoms with Crippen LogP contribution < -0.4 is 5.32 Å². The maximum atomic E-state index is 13.4. The highest BCUT2D eigenvalue weighted by Crippen LogP contribution is 2.34. The highest BCUT2D eigenvalue weighted by molar-refractivity contribution is 6.33. The van der Waals surface area contributed by atoms with Crippen LogP contribution in [0.3, 0.4) is 0 Å². The molecule has 1 atom stereocenters. The molecule has 4 heterocycles. The molecule has 0 saturated carbocycles. The number of carbonyl (C=O) groups is 2. The second kappa shape index (κ2) is 10.4. The van der Waals surface area contributed by atoms with Crippen LogP contribution in [0.2, 0.25) is 5.02 Å². The van der Waals surface area contributed by atoms with Gasteiger partial charge < -0.3 is 19.9 Å². The van der Waals surface area contributed by atoms with Crippen LogP contribution in [0.25, 0.3) is 11.1 Å². The summed E-state index contributed by atoms with van der Waals surface area (Å²) >= 11 is 6.54. The Morgan fingerprint density at radius 1 is 1.11 bits per heavy atom. The van der Waals surface area contributed by atoms with Crippen LogP contribution in [-0.4, -0.2) is 58.9 Å². The van der Waals surface area contributed by atoms with E-state index in [2.05, 4.69) is 29.4 Å². The lowest BCUT2D eigenvalue weighted by molar-refractivity contribution is -0.134. The van der Waals surface area contributed by atoms with Gasteiger partial charge in [0.1, 0.15) is 12.4 Å². The number of nitrogens with one attached hydrogen (secondary N) is 1. The van der Waals surface area contributed by atoms with E-state index >= 15 is 0 Å². The van der Waals surface area contributed by atoms with Gasteiger partial charge in [0.05, 0.1) is 11.1 Å². The van der Waals surface area contributed by atoms with Gasteiger partial charge in [-0.3, -0.25) is 9.59 Å². The Hall–Kier alpha value is -3.42. The molecule has 2 amide bonds. The molecule has 196 valence electrons. The van der Waals surface area contributed by atoms with Gasteiger partial charge in [0, 0.05) is 49.7 Å². The number of ether oxygens (including phenoxy) is 1. The summed E-state index contributed by atoms with van der Waals surface area (Å²) in [4.78, 5) is 34.7. The van der Waals surface area contributed by atoms with Crippen LogP contribution in [0.1, 0.15) is 52.9 Å². The number of hydrogen-bond acceptors (Lipinski definition) is 5. The summed E-state index contributed by atoms with van der Waals surface area (Å²) in [6.07, 6.45) is 4.35. The number of aromatic nitrogens is 1. The summed E-state index contributed by atoms with van der Waals surface area (Å²) in [6.45, 7) is 4.72. The molecular formula is C30H31ClN4O3. The van der Waals surface area contributed by atoms with Crippen molar-refractivity contribution in [1.82, 2.24) is 14.8 Å². The third-order valence-electron chi connectivity index (χ3n) is 7.97. The number of hydrogen-bond donors (Lipinski definition) is 1. The van der Waals surface area contributed by atoms with E-state index in [1.54, 1.807) is 11.1 Å². The van der Waals surface area contributed by atoms with Gasteiger partial charge in [0.25, 0.3) is 5.91 Å². The number of nitrogens with zero attached hydrogens (tertiary/aromatic N) is 3. The van der Waals surface area contributed by atoms with E-state index in [9.17, 15) is 9.59 Å². The molecule has 8 heteroatoms. The third-order valence-corrected chi connectivity index (χ3v) is 8.27. The quantitative estimate of drug-likeness (QED) is 0.497. The summed E-state index contributed by atoms with van der Waals surface area (Å²) in [5, 5.41) is 4.01. The molecule has 3 aromatic rings. The fourth-order valence-electron chi connectivity index (χ4n) is 5.81.